The minimum atomic E-state index is -0.525. The molecule has 0 spiro atoms. The number of rotatable bonds is 6. The summed E-state index contributed by atoms with van der Waals surface area (Å²) in [6, 6.07) is 0. The molecule has 0 N–H and O–H groups in total. The van der Waals surface area contributed by atoms with Crippen LogP contribution in [0.15, 0.2) is 0 Å². The molecule has 1 fully saturated rings. The molecule has 1 aliphatic carbocycles. The van der Waals surface area contributed by atoms with Crippen LogP contribution in [-0.4, -0.2) is 32.6 Å². The van der Waals surface area contributed by atoms with Crippen molar-refractivity contribution in [3.05, 3.63) is 0 Å². The Balaban J connectivity index is 2.59. The van der Waals surface area contributed by atoms with Crippen molar-refractivity contribution in [2.45, 2.75) is 64.3 Å². The highest BCUT2D eigenvalue weighted by Crippen LogP contribution is 2.35. The number of hydrogen-bond donors (Lipinski definition) is 0. The van der Waals surface area contributed by atoms with Crippen molar-refractivity contribution in [2.75, 3.05) is 14.2 Å². The number of methoxy groups -OCH3 is 2. The molecule has 0 saturated heterocycles. The molecule has 1 aliphatic rings. The molecule has 0 aromatic carbocycles. The second kappa shape index (κ2) is 6.55. The summed E-state index contributed by atoms with van der Waals surface area (Å²) in [7, 11) is 3.28. The van der Waals surface area contributed by atoms with E-state index in [0.717, 1.165) is 25.7 Å². The van der Waals surface area contributed by atoms with Gasteiger partial charge in [-0.1, -0.05) is 6.42 Å². The van der Waals surface area contributed by atoms with E-state index >= 15 is 0 Å². The number of hydrogen-bond acceptors (Lipinski definition) is 4. The Morgan fingerprint density at radius 3 is 1.62 bits per heavy atom. The van der Waals surface area contributed by atoms with Crippen molar-refractivity contribution in [2.24, 2.45) is 0 Å². The first-order chi connectivity index (χ1) is 7.62. The predicted octanol–water partition coefficient (Wildman–Crippen LogP) is 2.66. The molecule has 2 atom stereocenters. The Morgan fingerprint density at radius 2 is 1.25 bits per heavy atom. The lowest BCUT2D eigenvalue weighted by molar-refractivity contribution is -0.349. The number of ether oxygens (including phenoxy) is 4. The van der Waals surface area contributed by atoms with E-state index in [0.29, 0.717) is 0 Å². The average molecular weight is 232 g/mol. The van der Waals surface area contributed by atoms with Gasteiger partial charge in [0.05, 0.1) is 0 Å². The first-order valence-corrected chi connectivity index (χ1v) is 6.03. The molecule has 0 aromatic heterocycles. The third-order valence-electron chi connectivity index (χ3n) is 3.04. The topological polar surface area (TPSA) is 36.9 Å². The Hall–Kier alpha value is -0.160. The summed E-state index contributed by atoms with van der Waals surface area (Å²) >= 11 is 0. The van der Waals surface area contributed by atoms with Crippen LogP contribution in [0.4, 0.5) is 0 Å². The lowest BCUT2D eigenvalue weighted by Gasteiger charge is -2.39. The van der Waals surface area contributed by atoms with Crippen molar-refractivity contribution in [1.82, 2.24) is 0 Å². The maximum atomic E-state index is 5.88. The Kier molecular flexibility index (Phi) is 5.69. The normalized spacial score (nSPS) is 24.0. The van der Waals surface area contributed by atoms with E-state index in [1.54, 1.807) is 14.2 Å². The quantitative estimate of drug-likeness (QED) is 0.660. The van der Waals surface area contributed by atoms with Crippen LogP contribution >= 0.6 is 0 Å². The molecule has 1 saturated carbocycles. The monoisotopic (exact) mass is 232 g/mol. The Morgan fingerprint density at radius 1 is 0.812 bits per heavy atom. The fraction of sp³-hybridized carbons (Fsp3) is 1.00. The lowest BCUT2D eigenvalue weighted by Crippen LogP contribution is -2.43. The van der Waals surface area contributed by atoms with Crippen LogP contribution < -0.4 is 0 Å². The van der Waals surface area contributed by atoms with E-state index in [9.17, 15) is 0 Å². The highest BCUT2D eigenvalue weighted by Gasteiger charge is 2.37. The molecule has 0 radical (unpaired) electrons. The van der Waals surface area contributed by atoms with Gasteiger partial charge < -0.3 is 18.9 Å². The second-order valence-corrected chi connectivity index (χ2v) is 4.31. The Bertz CT molecular complexity index is 175. The second-order valence-electron chi connectivity index (χ2n) is 4.31. The zero-order valence-corrected chi connectivity index (χ0v) is 10.8. The summed E-state index contributed by atoms with van der Waals surface area (Å²) < 4.78 is 22.1. The highest BCUT2D eigenvalue weighted by atomic mass is 16.8. The van der Waals surface area contributed by atoms with Gasteiger partial charge in [0.25, 0.3) is 0 Å². The highest BCUT2D eigenvalue weighted by molar-refractivity contribution is 4.76. The van der Waals surface area contributed by atoms with E-state index < -0.39 is 5.79 Å². The first kappa shape index (κ1) is 13.9. The van der Waals surface area contributed by atoms with E-state index in [1.165, 1.54) is 6.42 Å². The van der Waals surface area contributed by atoms with Crippen molar-refractivity contribution < 1.29 is 18.9 Å². The average Bonchev–Trinajstić information content (AvgIpc) is 2.29. The molecule has 2 unspecified atom stereocenters. The van der Waals surface area contributed by atoms with Gasteiger partial charge in [-0.05, 0) is 26.7 Å². The summed E-state index contributed by atoms with van der Waals surface area (Å²) in [5.41, 5.74) is 0. The molecule has 0 amide bonds. The summed E-state index contributed by atoms with van der Waals surface area (Å²) in [5.74, 6) is -0.525. The van der Waals surface area contributed by atoms with Crippen LogP contribution in [0.2, 0.25) is 0 Å². The molecule has 0 heterocycles. The van der Waals surface area contributed by atoms with Gasteiger partial charge in [0.2, 0.25) is 0 Å². The van der Waals surface area contributed by atoms with Gasteiger partial charge in [0.15, 0.2) is 18.4 Å². The molecule has 0 bridgehead atoms. The standard InChI is InChI=1S/C12H24O4/c1-10(13-3)15-12(16-11(2)14-4)8-6-5-7-9-12/h10-11H,5-9H2,1-4H3. The van der Waals surface area contributed by atoms with Crippen molar-refractivity contribution >= 4 is 0 Å². The molecule has 0 aromatic rings. The van der Waals surface area contributed by atoms with Gasteiger partial charge in [-0.15, -0.1) is 0 Å². The maximum absolute atomic E-state index is 5.88. The van der Waals surface area contributed by atoms with Crippen LogP contribution in [0.1, 0.15) is 46.0 Å². The molecule has 4 nitrogen and oxygen atoms in total. The van der Waals surface area contributed by atoms with Crippen LogP contribution in [0.5, 0.6) is 0 Å². The molecule has 96 valence electrons. The van der Waals surface area contributed by atoms with Gasteiger partial charge in [0, 0.05) is 27.1 Å². The van der Waals surface area contributed by atoms with E-state index in [2.05, 4.69) is 0 Å². The van der Waals surface area contributed by atoms with Gasteiger partial charge in [-0.25, -0.2) is 0 Å². The van der Waals surface area contributed by atoms with Gasteiger partial charge in [-0.3, -0.25) is 0 Å². The first-order valence-electron chi connectivity index (χ1n) is 6.03. The van der Waals surface area contributed by atoms with E-state index in [4.69, 9.17) is 18.9 Å². The SMILES string of the molecule is COC(C)OC1(OC(C)OC)CCCCC1. The van der Waals surface area contributed by atoms with Gasteiger partial charge in [-0.2, -0.15) is 0 Å². The van der Waals surface area contributed by atoms with Crippen LogP contribution in [0.25, 0.3) is 0 Å². The molecule has 1 rings (SSSR count). The third-order valence-corrected chi connectivity index (χ3v) is 3.04. The molecule has 16 heavy (non-hydrogen) atoms. The minimum Gasteiger partial charge on any atom is -0.356 e. The van der Waals surface area contributed by atoms with Crippen molar-refractivity contribution in [1.29, 1.82) is 0 Å². The fourth-order valence-electron chi connectivity index (χ4n) is 2.06. The van der Waals surface area contributed by atoms with E-state index in [-0.39, 0.29) is 12.6 Å². The van der Waals surface area contributed by atoms with Crippen molar-refractivity contribution in [3.63, 3.8) is 0 Å². The zero-order chi connectivity index (χ0) is 12.0. The van der Waals surface area contributed by atoms with Crippen LogP contribution in [-0.2, 0) is 18.9 Å². The van der Waals surface area contributed by atoms with Gasteiger partial charge >= 0.3 is 0 Å². The molecule has 0 aliphatic heterocycles. The largest absolute Gasteiger partial charge is 0.356 e. The summed E-state index contributed by atoms with van der Waals surface area (Å²) in [6.07, 6.45) is 4.84. The predicted molar refractivity (Wildman–Crippen MR) is 60.9 cm³/mol. The summed E-state index contributed by atoms with van der Waals surface area (Å²) in [6.45, 7) is 3.77. The molecular weight excluding hydrogens is 208 g/mol. The minimum absolute atomic E-state index is 0.248. The van der Waals surface area contributed by atoms with Crippen molar-refractivity contribution in [3.8, 4) is 0 Å². The Labute approximate surface area is 98.2 Å². The van der Waals surface area contributed by atoms with Gasteiger partial charge in [0.1, 0.15) is 0 Å². The lowest BCUT2D eigenvalue weighted by atomic mass is 9.94. The van der Waals surface area contributed by atoms with Crippen LogP contribution in [0, 0.1) is 0 Å². The smallest absolute Gasteiger partial charge is 0.174 e. The summed E-state index contributed by atoms with van der Waals surface area (Å²) in [5, 5.41) is 0. The zero-order valence-electron chi connectivity index (χ0n) is 10.8. The van der Waals surface area contributed by atoms with E-state index in [1.807, 2.05) is 13.8 Å². The fourth-order valence-corrected chi connectivity index (χ4v) is 2.06. The maximum Gasteiger partial charge on any atom is 0.174 e. The van der Waals surface area contributed by atoms with Crippen LogP contribution in [0.3, 0.4) is 0 Å². The third kappa shape index (κ3) is 4.01. The summed E-state index contributed by atoms with van der Waals surface area (Å²) in [4.78, 5) is 0. The molecular formula is C12H24O4. The molecule has 4 heteroatoms.